The minimum Gasteiger partial charge on any atom is -0.317 e. The van der Waals surface area contributed by atoms with E-state index in [1.54, 1.807) is 0 Å². The summed E-state index contributed by atoms with van der Waals surface area (Å²) in [6.45, 7) is 7.19. The Morgan fingerprint density at radius 1 is 0.864 bits per heavy atom. The fraction of sp³-hybridized carbons (Fsp3) is 0.429. The molecule has 2 aromatic carbocycles. The Morgan fingerprint density at radius 2 is 1.32 bits per heavy atom. The van der Waals surface area contributed by atoms with Gasteiger partial charge in [-0.05, 0) is 48.9 Å². The van der Waals surface area contributed by atoms with E-state index in [0.717, 1.165) is 13.1 Å². The van der Waals surface area contributed by atoms with E-state index in [9.17, 15) is 0 Å². The summed E-state index contributed by atoms with van der Waals surface area (Å²) in [5, 5.41) is 3.51. The molecule has 1 heteroatoms. The van der Waals surface area contributed by atoms with Gasteiger partial charge in [-0.3, -0.25) is 0 Å². The van der Waals surface area contributed by atoms with Gasteiger partial charge in [0.15, 0.2) is 0 Å². The van der Waals surface area contributed by atoms with E-state index in [1.165, 1.54) is 30.4 Å². The second kappa shape index (κ2) is 6.26. The van der Waals surface area contributed by atoms with Crippen LogP contribution in [0.15, 0.2) is 60.7 Å². The largest absolute Gasteiger partial charge is 0.317 e. The summed E-state index contributed by atoms with van der Waals surface area (Å²) < 4.78 is 0. The lowest BCUT2D eigenvalue weighted by Crippen LogP contribution is -2.40. The van der Waals surface area contributed by atoms with E-state index in [4.69, 9.17) is 0 Å². The average molecular weight is 293 g/mol. The Bertz CT molecular complexity index is 542. The van der Waals surface area contributed by atoms with Gasteiger partial charge in [0.25, 0.3) is 0 Å². The van der Waals surface area contributed by atoms with Gasteiger partial charge in [0, 0.05) is 5.41 Å². The van der Waals surface area contributed by atoms with Crippen LogP contribution in [-0.4, -0.2) is 13.1 Å². The minimum atomic E-state index is 0.0780. The molecule has 0 aromatic heterocycles. The SMILES string of the molecule is CC1(CC(C)(c2ccccc2)c2ccccc2)CCNCC1. The second-order valence-electron chi connectivity index (χ2n) is 7.30. The van der Waals surface area contributed by atoms with Gasteiger partial charge < -0.3 is 5.32 Å². The van der Waals surface area contributed by atoms with Crippen molar-refractivity contribution in [3.8, 4) is 0 Å². The van der Waals surface area contributed by atoms with Gasteiger partial charge in [-0.2, -0.15) is 0 Å². The lowest BCUT2D eigenvalue weighted by Gasteiger charge is -2.43. The predicted molar refractivity (Wildman–Crippen MR) is 94.2 cm³/mol. The summed E-state index contributed by atoms with van der Waals surface area (Å²) in [5.74, 6) is 0. The first-order chi connectivity index (χ1) is 10.6. The summed E-state index contributed by atoms with van der Waals surface area (Å²) in [5.41, 5.74) is 3.35. The molecule has 0 amide bonds. The quantitative estimate of drug-likeness (QED) is 0.856. The maximum absolute atomic E-state index is 3.51. The highest BCUT2D eigenvalue weighted by Gasteiger charge is 2.38. The first-order valence-electron chi connectivity index (χ1n) is 8.44. The molecule has 0 saturated carbocycles. The number of piperidine rings is 1. The number of nitrogens with one attached hydrogen (secondary N) is 1. The van der Waals surface area contributed by atoms with Gasteiger partial charge in [0.1, 0.15) is 0 Å². The lowest BCUT2D eigenvalue weighted by molar-refractivity contribution is 0.177. The standard InChI is InChI=1S/C21H27N/c1-20(13-15-22-16-14-20)17-21(2,18-9-5-3-6-10-18)19-11-7-4-8-12-19/h3-12,22H,13-17H2,1-2H3. The molecule has 0 spiro atoms. The van der Waals surface area contributed by atoms with Crippen LogP contribution in [0.25, 0.3) is 0 Å². The van der Waals surface area contributed by atoms with Crippen molar-refractivity contribution in [2.24, 2.45) is 5.41 Å². The van der Waals surface area contributed by atoms with Gasteiger partial charge in [0.2, 0.25) is 0 Å². The molecule has 1 heterocycles. The molecule has 1 aliphatic rings. The van der Waals surface area contributed by atoms with Crippen LogP contribution in [-0.2, 0) is 5.41 Å². The molecule has 0 radical (unpaired) electrons. The molecular formula is C21H27N. The van der Waals surface area contributed by atoms with E-state index >= 15 is 0 Å². The maximum Gasteiger partial charge on any atom is 0.0179 e. The van der Waals surface area contributed by atoms with Crippen LogP contribution in [0.1, 0.15) is 44.2 Å². The van der Waals surface area contributed by atoms with Crippen LogP contribution in [0, 0.1) is 5.41 Å². The summed E-state index contributed by atoms with van der Waals surface area (Å²) in [6.07, 6.45) is 3.74. The van der Waals surface area contributed by atoms with Crippen molar-refractivity contribution in [2.45, 2.75) is 38.5 Å². The Kier molecular flexibility index (Phi) is 4.35. The molecule has 2 aromatic rings. The first kappa shape index (κ1) is 15.3. The van der Waals surface area contributed by atoms with Crippen molar-refractivity contribution in [2.75, 3.05) is 13.1 Å². The fourth-order valence-electron chi connectivity index (χ4n) is 4.04. The normalized spacial score (nSPS) is 18.1. The molecule has 116 valence electrons. The highest BCUT2D eigenvalue weighted by atomic mass is 14.9. The zero-order valence-electron chi connectivity index (χ0n) is 13.8. The molecule has 1 aliphatic heterocycles. The van der Waals surface area contributed by atoms with Crippen LogP contribution in [0.3, 0.4) is 0 Å². The van der Waals surface area contributed by atoms with Crippen LogP contribution in [0.5, 0.6) is 0 Å². The zero-order chi connectivity index (χ0) is 15.5. The van der Waals surface area contributed by atoms with Crippen LogP contribution in [0.2, 0.25) is 0 Å². The molecule has 1 fully saturated rings. The van der Waals surface area contributed by atoms with E-state index in [1.807, 2.05) is 0 Å². The Labute approximate surface area is 134 Å². The van der Waals surface area contributed by atoms with Crippen molar-refractivity contribution in [1.29, 1.82) is 0 Å². The monoisotopic (exact) mass is 293 g/mol. The molecule has 1 saturated heterocycles. The van der Waals surface area contributed by atoms with Gasteiger partial charge in [0.05, 0.1) is 0 Å². The summed E-state index contributed by atoms with van der Waals surface area (Å²) >= 11 is 0. The second-order valence-corrected chi connectivity index (χ2v) is 7.30. The molecular weight excluding hydrogens is 266 g/mol. The summed E-state index contributed by atoms with van der Waals surface area (Å²) in [7, 11) is 0. The number of hydrogen-bond donors (Lipinski definition) is 1. The topological polar surface area (TPSA) is 12.0 Å². The van der Waals surface area contributed by atoms with Crippen molar-refractivity contribution < 1.29 is 0 Å². The van der Waals surface area contributed by atoms with E-state index in [2.05, 4.69) is 79.8 Å². The third kappa shape index (κ3) is 3.10. The smallest absolute Gasteiger partial charge is 0.0179 e. The predicted octanol–water partition coefficient (Wildman–Crippen LogP) is 4.77. The van der Waals surface area contributed by atoms with Gasteiger partial charge in [-0.15, -0.1) is 0 Å². The van der Waals surface area contributed by atoms with Crippen LogP contribution < -0.4 is 5.32 Å². The van der Waals surface area contributed by atoms with Gasteiger partial charge in [-0.1, -0.05) is 74.5 Å². The number of benzene rings is 2. The van der Waals surface area contributed by atoms with E-state index < -0.39 is 0 Å². The average Bonchev–Trinajstić information content (AvgIpc) is 2.57. The Morgan fingerprint density at radius 3 is 1.77 bits per heavy atom. The summed E-state index contributed by atoms with van der Waals surface area (Å²) in [4.78, 5) is 0. The van der Waals surface area contributed by atoms with Gasteiger partial charge >= 0.3 is 0 Å². The number of rotatable bonds is 4. The van der Waals surface area contributed by atoms with Crippen molar-refractivity contribution in [3.63, 3.8) is 0 Å². The molecule has 3 rings (SSSR count). The van der Waals surface area contributed by atoms with Crippen LogP contribution >= 0.6 is 0 Å². The van der Waals surface area contributed by atoms with Crippen LogP contribution in [0.4, 0.5) is 0 Å². The third-order valence-electron chi connectivity index (χ3n) is 5.41. The fourth-order valence-corrected chi connectivity index (χ4v) is 4.04. The van der Waals surface area contributed by atoms with E-state index in [-0.39, 0.29) is 5.41 Å². The molecule has 22 heavy (non-hydrogen) atoms. The summed E-state index contributed by atoms with van der Waals surface area (Å²) in [6, 6.07) is 22.1. The number of hydrogen-bond acceptors (Lipinski definition) is 1. The molecule has 0 bridgehead atoms. The van der Waals surface area contributed by atoms with Crippen molar-refractivity contribution >= 4 is 0 Å². The third-order valence-corrected chi connectivity index (χ3v) is 5.41. The zero-order valence-corrected chi connectivity index (χ0v) is 13.8. The molecule has 0 aliphatic carbocycles. The maximum atomic E-state index is 3.51. The molecule has 1 nitrogen and oxygen atoms in total. The highest BCUT2D eigenvalue weighted by molar-refractivity contribution is 5.38. The Balaban J connectivity index is 2.00. The molecule has 1 N–H and O–H groups in total. The minimum absolute atomic E-state index is 0.0780. The molecule has 0 atom stereocenters. The molecule has 0 unspecified atom stereocenters. The van der Waals surface area contributed by atoms with E-state index in [0.29, 0.717) is 5.41 Å². The lowest BCUT2D eigenvalue weighted by atomic mass is 9.63. The van der Waals surface area contributed by atoms with Gasteiger partial charge in [-0.25, -0.2) is 0 Å². The Hall–Kier alpha value is -1.60. The van der Waals surface area contributed by atoms with Crippen molar-refractivity contribution in [3.05, 3.63) is 71.8 Å². The highest BCUT2D eigenvalue weighted by Crippen LogP contribution is 2.45. The van der Waals surface area contributed by atoms with Crippen molar-refractivity contribution in [1.82, 2.24) is 5.32 Å². The first-order valence-corrected chi connectivity index (χ1v) is 8.44.